The minimum absolute atomic E-state index is 0.122. The lowest BCUT2D eigenvalue weighted by Gasteiger charge is -2.26. The van der Waals surface area contributed by atoms with Crippen LogP contribution in [-0.2, 0) is 14.9 Å². The van der Waals surface area contributed by atoms with Crippen molar-refractivity contribution in [3.05, 3.63) is 15.6 Å². The van der Waals surface area contributed by atoms with E-state index in [4.69, 9.17) is 9.84 Å². The van der Waals surface area contributed by atoms with Crippen molar-refractivity contribution in [2.24, 2.45) is 0 Å². The Balaban J connectivity index is 2.21. The van der Waals surface area contributed by atoms with Crippen molar-refractivity contribution in [3.8, 4) is 0 Å². The van der Waals surface area contributed by atoms with Crippen molar-refractivity contribution in [2.45, 2.75) is 51.5 Å². The average Bonchev–Trinajstić information content (AvgIpc) is 2.94. The predicted molar refractivity (Wildman–Crippen MR) is 83.4 cm³/mol. The third-order valence-electron chi connectivity index (χ3n) is 3.62. The molecule has 2 N–H and O–H groups in total. The molecule has 1 fully saturated rings. The molecule has 0 spiro atoms. The zero-order valence-corrected chi connectivity index (χ0v) is 14.2. The smallest absolute Gasteiger partial charge is 0.305 e. The molecule has 0 bridgehead atoms. The minimum atomic E-state index is -0.942. The van der Waals surface area contributed by atoms with Gasteiger partial charge in [0.05, 0.1) is 29.3 Å². The summed E-state index contributed by atoms with van der Waals surface area (Å²) in [5, 5.41) is 12.8. The molecule has 1 aromatic rings. The van der Waals surface area contributed by atoms with Gasteiger partial charge in [0.1, 0.15) is 4.88 Å². The van der Waals surface area contributed by atoms with Gasteiger partial charge in [-0.3, -0.25) is 9.59 Å². The number of aromatic nitrogens is 1. The molecule has 6 nitrogen and oxygen atoms in total. The van der Waals surface area contributed by atoms with Crippen LogP contribution in [0.1, 0.15) is 54.0 Å². The molecule has 1 unspecified atom stereocenters. The number of ether oxygens (including phenoxy) is 1. The summed E-state index contributed by atoms with van der Waals surface area (Å²) >= 11 is 1.36. The summed E-state index contributed by atoms with van der Waals surface area (Å²) in [6, 6.07) is 0. The molecule has 0 saturated carbocycles. The van der Waals surface area contributed by atoms with Gasteiger partial charge < -0.3 is 15.2 Å². The first-order valence-corrected chi connectivity index (χ1v) is 8.05. The second-order valence-electron chi connectivity index (χ2n) is 6.79. The van der Waals surface area contributed by atoms with Crippen LogP contribution in [0.4, 0.5) is 0 Å². The second kappa shape index (κ2) is 5.96. The first-order valence-electron chi connectivity index (χ1n) is 7.23. The highest BCUT2D eigenvalue weighted by molar-refractivity contribution is 7.14. The molecule has 1 saturated heterocycles. The second-order valence-corrected chi connectivity index (χ2v) is 7.79. The van der Waals surface area contributed by atoms with Crippen LogP contribution in [0.2, 0.25) is 0 Å². The number of rotatable bonds is 4. The lowest BCUT2D eigenvalue weighted by Crippen LogP contribution is -2.50. The molecule has 1 aliphatic heterocycles. The van der Waals surface area contributed by atoms with Crippen LogP contribution in [-0.4, -0.2) is 40.7 Å². The molecule has 0 aliphatic carbocycles. The number of nitrogens with one attached hydrogen (secondary N) is 1. The molecule has 1 amide bonds. The summed E-state index contributed by atoms with van der Waals surface area (Å²) in [7, 11) is 0. The number of aliphatic carboxylic acids is 1. The summed E-state index contributed by atoms with van der Waals surface area (Å²) in [4.78, 5) is 28.6. The zero-order chi connectivity index (χ0) is 16.5. The molecule has 2 heterocycles. The fourth-order valence-corrected chi connectivity index (χ4v) is 3.42. The summed E-state index contributed by atoms with van der Waals surface area (Å²) in [5.74, 6) is -1.21. The maximum atomic E-state index is 12.6. The highest BCUT2D eigenvalue weighted by atomic mass is 32.1. The van der Waals surface area contributed by atoms with Crippen LogP contribution < -0.4 is 5.32 Å². The highest BCUT2D eigenvalue weighted by Crippen LogP contribution is 2.30. The van der Waals surface area contributed by atoms with Crippen molar-refractivity contribution in [2.75, 3.05) is 13.2 Å². The van der Waals surface area contributed by atoms with Crippen molar-refractivity contribution >= 4 is 23.2 Å². The first kappa shape index (κ1) is 16.9. The predicted octanol–water partition coefficient (Wildman–Crippen LogP) is 2.11. The van der Waals surface area contributed by atoms with Crippen LogP contribution in [0.5, 0.6) is 0 Å². The molecule has 122 valence electrons. The normalized spacial score (nSPS) is 21.8. The number of carbonyl (C=O) groups is 2. The van der Waals surface area contributed by atoms with Gasteiger partial charge in [-0.05, 0) is 13.3 Å². The van der Waals surface area contributed by atoms with Crippen LogP contribution in [0, 0.1) is 6.92 Å². The number of thiazole rings is 1. The van der Waals surface area contributed by atoms with E-state index < -0.39 is 11.5 Å². The maximum absolute atomic E-state index is 12.6. The number of nitrogens with zero attached hydrogens (tertiary/aromatic N) is 1. The van der Waals surface area contributed by atoms with Crippen LogP contribution >= 0.6 is 11.3 Å². The van der Waals surface area contributed by atoms with Crippen molar-refractivity contribution < 1.29 is 19.4 Å². The monoisotopic (exact) mass is 326 g/mol. The number of carboxylic acids is 1. The van der Waals surface area contributed by atoms with E-state index in [1.54, 1.807) is 6.92 Å². The van der Waals surface area contributed by atoms with Crippen LogP contribution in [0.25, 0.3) is 0 Å². The minimum Gasteiger partial charge on any atom is -0.481 e. The van der Waals surface area contributed by atoms with E-state index in [1.165, 1.54) is 11.3 Å². The number of hydrogen-bond acceptors (Lipinski definition) is 5. The molecule has 0 radical (unpaired) electrons. The molecular formula is C15H22N2O4S. The Hall–Kier alpha value is -1.47. The lowest BCUT2D eigenvalue weighted by molar-refractivity contribution is -0.138. The Morgan fingerprint density at radius 1 is 1.45 bits per heavy atom. The van der Waals surface area contributed by atoms with E-state index in [2.05, 4.69) is 10.3 Å². The fraction of sp³-hybridized carbons (Fsp3) is 0.667. The van der Waals surface area contributed by atoms with E-state index in [0.717, 1.165) is 5.01 Å². The van der Waals surface area contributed by atoms with E-state index in [9.17, 15) is 9.59 Å². The molecule has 1 atom stereocenters. The van der Waals surface area contributed by atoms with Gasteiger partial charge in [0.15, 0.2) is 0 Å². The largest absolute Gasteiger partial charge is 0.481 e. The Morgan fingerprint density at radius 2 is 2.14 bits per heavy atom. The number of amides is 1. The Morgan fingerprint density at radius 3 is 2.59 bits per heavy atom. The van der Waals surface area contributed by atoms with Crippen molar-refractivity contribution in [3.63, 3.8) is 0 Å². The number of carboxylic acid groups (broad SMARTS) is 1. The van der Waals surface area contributed by atoms with Gasteiger partial charge in [-0.25, -0.2) is 4.98 Å². The maximum Gasteiger partial charge on any atom is 0.305 e. The van der Waals surface area contributed by atoms with Crippen LogP contribution in [0.3, 0.4) is 0 Å². The quantitative estimate of drug-likeness (QED) is 0.884. The van der Waals surface area contributed by atoms with E-state index >= 15 is 0 Å². The topological polar surface area (TPSA) is 88.5 Å². The standard InChI is InChI=1S/C15H22N2O4S/c1-9-11(22-13(16-9)14(2,3)4)12(20)17-15(7-10(18)19)5-6-21-8-15/h5-8H2,1-4H3,(H,17,20)(H,18,19). The number of carbonyl (C=O) groups excluding carboxylic acids is 1. The van der Waals surface area contributed by atoms with Gasteiger partial charge in [0.25, 0.3) is 5.91 Å². The third-order valence-corrected chi connectivity index (χ3v) is 5.20. The summed E-state index contributed by atoms with van der Waals surface area (Å²) in [6.45, 7) is 8.63. The SMILES string of the molecule is Cc1nc(C(C)(C)C)sc1C(=O)NC1(CC(=O)O)CCOC1. The molecule has 1 aromatic heterocycles. The Kier molecular flexibility index (Phi) is 4.58. The van der Waals surface area contributed by atoms with Gasteiger partial charge in [-0.15, -0.1) is 11.3 Å². The molecule has 7 heteroatoms. The van der Waals surface area contributed by atoms with Gasteiger partial charge in [0, 0.05) is 12.0 Å². The molecule has 1 aliphatic rings. The molecule has 22 heavy (non-hydrogen) atoms. The molecule has 0 aromatic carbocycles. The highest BCUT2D eigenvalue weighted by Gasteiger charge is 2.39. The summed E-state index contributed by atoms with van der Waals surface area (Å²) in [6.07, 6.45) is 0.373. The summed E-state index contributed by atoms with van der Waals surface area (Å²) < 4.78 is 5.30. The Labute approximate surface area is 133 Å². The van der Waals surface area contributed by atoms with E-state index in [0.29, 0.717) is 23.6 Å². The van der Waals surface area contributed by atoms with E-state index in [-0.39, 0.29) is 24.3 Å². The third kappa shape index (κ3) is 3.64. The van der Waals surface area contributed by atoms with Gasteiger partial charge in [-0.1, -0.05) is 20.8 Å². The lowest BCUT2D eigenvalue weighted by atomic mass is 9.94. The zero-order valence-electron chi connectivity index (χ0n) is 13.4. The van der Waals surface area contributed by atoms with E-state index in [1.807, 2.05) is 20.8 Å². The Bertz CT molecular complexity index is 583. The van der Waals surface area contributed by atoms with Gasteiger partial charge in [0.2, 0.25) is 0 Å². The molecule has 2 rings (SSSR count). The van der Waals surface area contributed by atoms with Crippen LogP contribution in [0.15, 0.2) is 0 Å². The van der Waals surface area contributed by atoms with Gasteiger partial charge >= 0.3 is 5.97 Å². The van der Waals surface area contributed by atoms with Gasteiger partial charge in [-0.2, -0.15) is 0 Å². The van der Waals surface area contributed by atoms with Crippen molar-refractivity contribution in [1.29, 1.82) is 0 Å². The number of hydrogen-bond donors (Lipinski definition) is 2. The van der Waals surface area contributed by atoms with Crippen molar-refractivity contribution in [1.82, 2.24) is 10.3 Å². The summed E-state index contributed by atoms with van der Waals surface area (Å²) in [5.41, 5.74) is -0.262. The first-order chi connectivity index (χ1) is 10.1. The number of aryl methyl sites for hydroxylation is 1. The molecular weight excluding hydrogens is 304 g/mol. The fourth-order valence-electron chi connectivity index (χ4n) is 2.40. The average molecular weight is 326 g/mol.